The van der Waals surface area contributed by atoms with Crippen LogP contribution >= 0.6 is 0 Å². The van der Waals surface area contributed by atoms with Gasteiger partial charge in [0.1, 0.15) is 23.6 Å². The summed E-state index contributed by atoms with van der Waals surface area (Å²) < 4.78 is 10.8. The Balaban J connectivity index is 1.49. The second-order valence-corrected chi connectivity index (χ2v) is 7.85. The number of carbonyl (C=O) groups is 1. The molecular formula is C27H27N5O3. The Morgan fingerprint density at radius 1 is 1.03 bits per heavy atom. The quantitative estimate of drug-likeness (QED) is 0.330. The summed E-state index contributed by atoms with van der Waals surface area (Å²) in [5.74, 6) is 2.16. The van der Waals surface area contributed by atoms with Crippen LogP contribution in [0.25, 0.3) is 17.0 Å². The second kappa shape index (κ2) is 11.1. The number of amides is 1. The number of carbonyl (C=O) groups excluding carboxylic acids is 1. The molecule has 0 spiro atoms. The number of anilines is 2. The van der Waals surface area contributed by atoms with Gasteiger partial charge in [-0.25, -0.2) is 14.8 Å². The third-order valence-electron chi connectivity index (χ3n) is 5.16. The van der Waals surface area contributed by atoms with Crippen molar-refractivity contribution >= 4 is 34.6 Å². The molecule has 178 valence electrons. The van der Waals surface area contributed by atoms with Crippen LogP contribution in [-0.2, 0) is 4.74 Å². The van der Waals surface area contributed by atoms with Crippen molar-refractivity contribution in [3.05, 3.63) is 84.0 Å². The zero-order valence-electron chi connectivity index (χ0n) is 19.9. The van der Waals surface area contributed by atoms with Gasteiger partial charge in [-0.2, -0.15) is 0 Å². The molecule has 0 saturated carbocycles. The van der Waals surface area contributed by atoms with Crippen molar-refractivity contribution in [2.45, 2.75) is 20.8 Å². The number of hydrogen-bond donors (Lipinski definition) is 2. The summed E-state index contributed by atoms with van der Waals surface area (Å²) in [5, 5.41) is 6.94. The van der Waals surface area contributed by atoms with Crippen LogP contribution in [0.2, 0.25) is 0 Å². The lowest BCUT2D eigenvalue weighted by atomic mass is 10.1. The molecule has 0 unspecified atom stereocenters. The molecule has 2 aromatic heterocycles. The first-order chi connectivity index (χ1) is 17.0. The topological polar surface area (TPSA) is 98.3 Å². The molecule has 8 nitrogen and oxygen atoms in total. The molecule has 0 atom stereocenters. The van der Waals surface area contributed by atoms with Crippen LogP contribution in [0, 0.1) is 13.8 Å². The number of pyridine rings is 1. The molecule has 8 heteroatoms. The molecule has 0 aliphatic heterocycles. The van der Waals surface area contributed by atoms with Crippen molar-refractivity contribution in [2.24, 2.45) is 0 Å². The van der Waals surface area contributed by atoms with Gasteiger partial charge in [0.15, 0.2) is 0 Å². The minimum atomic E-state index is -0.433. The van der Waals surface area contributed by atoms with Crippen LogP contribution in [0.3, 0.4) is 0 Å². The molecule has 0 saturated heterocycles. The van der Waals surface area contributed by atoms with E-state index in [4.69, 9.17) is 9.47 Å². The first kappa shape index (κ1) is 23.7. The van der Waals surface area contributed by atoms with Crippen LogP contribution in [0.15, 0.2) is 67.1 Å². The van der Waals surface area contributed by atoms with E-state index < -0.39 is 6.09 Å². The first-order valence-corrected chi connectivity index (χ1v) is 11.3. The van der Waals surface area contributed by atoms with E-state index in [0.717, 1.165) is 39.2 Å². The number of nitrogens with one attached hydrogen (secondary N) is 2. The Morgan fingerprint density at radius 2 is 1.91 bits per heavy atom. The first-order valence-electron chi connectivity index (χ1n) is 11.3. The smallest absolute Gasteiger partial charge is 0.407 e. The SMILES string of the molecule is CCOC(=O)NCC=Cc1ccc2ncnc(Nc3ccc(Oc4ccc(C)nc4)c(C)c3)c2c1. The number of nitrogens with zero attached hydrogens (tertiary/aromatic N) is 3. The van der Waals surface area contributed by atoms with Gasteiger partial charge in [-0.05, 0) is 74.4 Å². The van der Waals surface area contributed by atoms with Crippen LogP contribution < -0.4 is 15.4 Å². The fourth-order valence-corrected chi connectivity index (χ4v) is 3.42. The number of aryl methyl sites for hydroxylation is 2. The van der Waals surface area contributed by atoms with E-state index >= 15 is 0 Å². The Bertz CT molecular complexity index is 1350. The maximum atomic E-state index is 11.4. The van der Waals surface area contributed by atoms with Crippen molar-refractivity contribution in [3.63, 3.8) is 0 Å². The zero-order valence-corrected chi connectivity index (χ0v) is 19.9. The third kappa shape index (κ3) is 6.32. The summed E-state index contributed by atoms with van der Waals surface area (Å²) >= 11 is 0. The van der Waals surface area contributed by atoms with E-state index in [1.807, 2.05) is 74.5 Å². The average molecular weight is 470 g/mol. The Morgan fingerprint density at radius 3 is 2.69 bits per heavy atom. The van der Waals surface area contributed by atoms with E-state index in [2.05, 4.69) is 25.6 Å². The molecule has 4 aromatic rings. The fourth-order valence-electron chi connectivity index (χ4n) is 3.42. The van der Waals surface area contributed by atoms with Crippen LogP contribution in [0.4, 0.5) is 16.3 Å². The molecule has 0 aliphatic rings. The maximum Gasteiger partial charge on any atom is 0.407 e. The van der Waals surface area contributed by atoms with Crippen LogP contribution in [0.5, 0.6) is 11.5 Å². The summed E-state index contributed by atoms with van der Waals surface area (Å²) in [6.45, 7) is 6.42. The van der Waals surface area contributed by atoms with Gasteiger partial charge >= 0.3 is 6.09 Å². The normalized spacial score (nSPS) is 10.9. The zero-order chi connectivity index (χ0) is 24.6. The minimum absolute atomic E-state index is 0.343. The number of fused-ring (bicyclic) bond motifs is 1. The lowest BCUT2D eigenvalue weighted by Gasteiger charge is -2.12. The highest BCUT2D eigenvalue weighted by atomic mass is 16.5. The molecule has 1 amide bonds. The van der Waals surface area contributed by atoms with Gasteiger partial charge in [-0.1, -0.05) is 18.2 Å². The van der Waals surface area contributed by atoms with Crippen molar-refractivity contribution in [3.8, 4) is 11.5 Å². The van der Waals surface area contributed by atoms with Gasteiger partial charge in [0, 0.05) is 23.3 Å². The molecule has 2 aromatic carbocycles. The van der Waals surface area contributed by atoms with Gasteiger partial charge in [0.05, 0.1) is 18.3 Å². The number of rotatable bonds is 8. The highest BCUT2D eigenvalue weighted by Crippen LogP contribution is 2.30. The third-order valence-corrected chi connectivity index (χ3v) is 5.16. The van der Waals surface area contributed by atoms with E-state index in [9.17, 15) is 4.79 Å². The van der Waals surface area contributed by atoms with Gasteiger partial charge < -0.3 is 20.1 Å². The number of aromatic nitrogens is 3. The standard InChI is InChI=1S/C27H27N5O3/c1-4-34-27(33)28-13-5-6-20-8-11-24-23(15-20)26(31-17-30-24)32-21-9-12-25(18(2)14-21)35-22-10-7-19(3)29-16-22/h5-12,14-17H,4,13H2,1-3H3,(H,28,33)(H,30,31,32). The van der Waals surface area contributed by atoms with Gasteiger partial charge in [-0.3, -0.25) is 4.98 Å². The number of benzene rings is 2. The highest BCUT2D eigenvalue weighted by Gasteiger charge is 2.08. The Kier molecular flexibility index (Phi) is 7.52. The average Bonchev–Trinajstić information content (AvgIpc) is 2.85. The van der Waals surface area contributed by atoms with Gasteiger partial charge in [0.2, 0.25) is 0 Å². The summed E-state index contributed by atoms with van der Waals surface area (Å²) in [7, 11) is 0. The molecule has 2 N–H and O–H groups in total. The van der Waals surface area contributed by atoms with E-state index in [1.165, 1.54) is 6.33 Å². The van der Waals surface area contributed by atoms with Crippen LogP contribution in [-0.4, -0.2) is 34.2 Å². The lowest BCUT2D eigenvalue weighted by Crippen LogP contribution is -2.24. The molecule has 0 aliphatic carbocycles. The number of hydrogen-bond acceptors (Lipinski definition) is 7. The largest absolute Gasteiger partial charge is 0.455 e. The minimum Gasteiger partial charge on any atom is -0.455 e. The predicted octanol–water partition coefficient (Wildman–Crippen LogP) is 5.94. The number of alkyl carbamates (subject to hydrolysis) is 1. The van der Waals surface area contributed by atoms with Crippen LogP contribution in [0.1, 0.15) is 23.7 Å². The van der Waals surface area contributed by atoms with Gasteiger partial charge in [0.25, 0.3) is 0 Å². The summed E-state index contributed by atoms with van der Waals surface area (Å²) in [4.78, 5) is 24.5. The van der Waals surface area contributed by atoms with Crippen molar-refractivity contribution < 1.29 is 14.3 Å². The van der Waals surface area contributed by atoms with E-state index in [1.54, 1.807) is 13.1 Å². The summed E-state index contributed by atoms with van der Waals surface area (Å²) in [6, 6.07) is 15.6. The lowest BCUT2D eigenvalue weighted by molar-refractivity contribution is 0.153. The molecule has 0 bridgehead atoms. The summed E-state index contributed by atoms with van der Waals surface area (Å²) in [5.41, 5.74) is 4.60. The molecule has 0 radical (unpaired) electrons. The molecular weight excluding hydrogens is 442 g/mol. The van der Waals surface area contributed by atoms with Crippen molar-refractivity contribution in [1.82, 2.24) is 20.3 Å². The molecule has 35 heavy (non-hydrogen) atoms. The van der Waals surface area contributed by atoms with Crippen molar-refractivity contribution in [2.75, 3.05) is 18.5 Å². The predicted molar refractivity (Wildman–Crippen MR) is 137 cm³/mol. The second-order valence-electron chi connectivity index (χ2n) is 7.85. The monoisotopic (exact) mass is 469 g/mol. The Hall–Kier alpha value is -4.46. The molecule has 0 fully saturated rings. The summed E-state index contributed by atoms with van der Waals surface area (Å²) in [6.07, 6.45) is 6.61. The van der Waals surface area contributed by atoms with Gasteiger partial charge in [-0.15, -0.1) is 0 Å². The number of ether oxygens (including phenoxy) is 2. The van der Waals surface area contributed by atoms with Crippen molar-refractivity contribution in [1.29, 1.82) is 0 Å². The fraction of sp³-hybridized carbons (Fsp3) is 0.185. The molecule has 2 heterocycles. The van der Waals surface area contributed by atoms with E-state index in [-0.39, 0.29) is 0 Å². The Labute approximate surface area is 204 Å². The maximum absolute atomic E-state index is 11.4. The van der Waals surface area contributed by atoms with E-state index in [0.29, 0.717) is 24.7 Å². The highest BCUT2D eigenvalue weighted by molar-refractivity contribution is 5.92. The molecule has 4 rings (SSSR count).